The molecule has 3 aromatic rings. The van der Waals surface area contributed by atoms with Crippen molar-refractivity contribution in [1.29, 1.82) is 0 Å². The Morgan fingerprint density at radius 2 is 1.80 bits per heavy atom. The minimum absolute atomic E-state index is 0.253. The van der Waals surface area contributed by atoms with E-state index < -0.39 is 24.5 Å². The second-order valence-corrected chi connectivity index (χ2v) is 7.02. The summed E-state index contributed by atoms with van der Waals surface area (Å²) in [5.41, 5.74) is 3.61. The summed E-state index contributed by atoms with van der Waals surface area (Å²) in [6, 6.07) is 14.3. The first-order valence-corrected chi connectivity index (χ1v) is 9.83. The zero-order chi connectivity index (χ0) is 21.5. The molecule has 1 atom stereocenters. The number of aromatic nitrogens is 1. The van der Waals surface area contributed by atoms with E-state index in [9.17, 15) is 14.4 Å². The lowest BCUT2D eigenvalue weighted by atomic mass is 10.0. The van der Waals surface area contributed by atoms with Crippen LogP contribution in [0.5, 0.6) is 0 Å². The fourth-order valence-electron chi connectivity index (χ4n) is 3.22. The molecule has 156 valence electrons. The van der Waals surface area contributed by atoms with E-state index in [2.05, 4.69) is 22.5 Å². The highest BCUT2D eigenvalue weighted by atomic mass is 16.5. The lowest BCUT2D eigenvalue weighted by Crippen LogP contribution is -2.43. The number of anilines is 1. The molecule has 0 saturated heterocycles. The predicted octanol–water partition coefficient (Wildman–Crippen LogP) is 2.96. The molecule has 3 N–H and O–H groups in total. The number of carbonyl (C=O) groups excluding carboxylic acids is 3. The number of amides is 2. The summed E-state index contributed by atoms with van der Waals surface area (Å²) in [7, 11) is 0. The maximum atomic E-state index is 12.6. The van der Waals surface area contributed by atoms with Crippen molar-refractivity contribution in [2.24, 2.45) is 0 Å². The fraction of sp³-hybridized carbons (Fsp3) is 0.261. The van der Waals surface area contributed by atoms with E-state index in [4.69, 9.17) is 4.74 Å². The average molecular weight is 407 g/mol. The maximum Gasteiger partial charge on any atom is 0.329 e. The van der Waals surface area contributed by atoms with Crippen LogP contribution in [0, 0.1) is 0 Å². The first-order chi connectivity index (χ1) is 14.5. The highest BCUT2D eigenvalue weighted by Gasteiger charge is 2.23. The largest absolute Gasteiger partial charge is 0.454 e. The summed E-state index contributed by atoms with van der Waals surface area (Å²) in [6.07, 6.45) is 2.97. The number of aryl methyl sites for hydroxylation is 1. The normalized spacial score (nSPS) is 11.7. The van der Waals surface area contributed by atoms with E-state index >= 15 is 0 Å². The Morgan fingerprint density at radius 3 is 2.50 bits per heavy atom. The number of ether oxygens (including phenoxy) is 1. The molecule has 3 rings (SSSR count). The van der Waals surface area contributed by atoms with E-state index in [1.165, 1.54) is 6.92 Å². The second-order valence-electron chi connectivity index (χ2n) is 7.02. The summed E-state index contributed by atoms with van der Waals surface area (Å²) in [4.78, 5) is 39.4. The molecular formula is C23H25N3O4. The summed E-state index contributed by atoms with van der Waals surface area (Å²) < 4.78 is 5.17. The quantitative estimate of drug-likeness (QED) is 0.500. The molecule has 0 aliphatic rings. The van der Waals surface area contributed by atoms with Gasteiger partial charge in [-0.3, -0.25) is 9.59 Å². The number of nitrogens with one attached hydrogen (secondary N) is 3. The van der Waals surface area contributed by atoms with Gasteiger partial charge in [-0.15, -0.1) is 0 Å². The van der Waals surface area contributed by atoms with Crippen molar-refractivity contribution in [3.63, 3.8) is 0 Å². The Kier molecular flexibility index (Phi) is 6.85. The summed E-state index contributed by atoms with van der Waals surface area (Å²) in [5, 5.41) is 6.27. The van der Waals surface area contributed by atoms with Crippen LogP contribution in [0.15, 0.2) is 54.7 Å². The van der Waals surface area contributed by atoms with E-state index in [0.29, 0.717) is 5.69 Å². The van der Waals surface area contributed by atoms with Crippen LogP contribution in [-0.2, 0) is 32.0 Å². The molecule has 30 heavy (non-hydrogen) atoms. The van der Waals surface area contributed by atoms with Crippen molar-refractivity contribution in [2.45, 2.75) is 32.7 Å². The Hall–Kier alpha value is -3.61. The van der Waals surface area contributed by atoms with Gasteiger partial charge in [-0.1, -0.05) is 37.3 Å². The molecule has 1 heterocycles. The molecule has 0 aliphatic heterocycles. The molecule has 0 bridgehead atoms. The number of H-pyrrole nitrogens is 1. The van der Waals surface area contributed by atoms with Crippen molar-refractivity contribution in [3.05, 3.63) is 65.9 Å². The highest BCUT2D eigenvalue weighted by Crippen LogP contribution is 2.19. The third kappa shape index (κ3) is 5.47. The van der Waals surface area contributed by atoms with Crippen LogP contribution in [-0.4, -0.2) is 35.4 Å². The lowest BCUT2D eigenvalue weighted by molar-refractivity contribution is -0.150. The predicted molar refractivity (Wildman–Crippen MR) is 115 cm³/mol. The van der Waals surface area contributed by atoms with E-state index in [1.807, 2.05) is 36.4 Å². The number of rotatable bonds is 8. The van der Waals surface area contributed by atoms with Crippen molar-refractivity contribution in [2.75, 3.05) is 11.9 Å². The molecule has 0 saturated carbocycles. The van der Waals surface area contributed by atoms with Gasteiger partial charge < -0.3 is 20.4 Å². The molecule has 0 aliphatic carbocycles. The van der Waals surface area contributed by atoms with Crippen LogP contribution in [0.25, 0.3) is 10.9 Å². The number of fused-ring (bicyclic) bond motifs is 1. The Morgan fingerprint density at radius 1 is 1.07 bits per heavy atom. The number of para-hydroxylation sites is 1. The van der Waals surface area contributed by atoms with E-state index in [0.717, 1.165) is 28.5 Å². The molecule has 2 aromatic carbocycles. The summed E-state index contributed by atoms with van der Waals surface area (Å²) in [5.74, 6) is -1.45. The van der Waals surface area contributed by atoms with Gasteiger partial charge in [0.05, 0.1) is 0 Å². The monoisotopic (exact) mass is 407 g/mol. The second kappa shape index (κ2) is 9.73. The summed E-state index contributed by atoms with van der Waals surface area (Å²) in [6.45, 7) is 2.95. The van der Waals surface area contributed by atoms with Gasteiger partial charge >= 0.3 is 5.97 Å². The van der Waals surface area contributed by atoms with Crippen LogP contribution in [0.1, 0.15) is 25.0 Å². The van der Waals surface area contributed by atoms with Crippen molar-refractivity contribution in [1.82, 2.24) is 10.3 Å². The Balaban J connectivity index is 1.60. The molecular weight excluding hydrogens is 382 g/mol. The zero-order valence-corrected chi connectivity index (χ0v) is 17.0. The standard InChI is InChI=1S/C23H25N3O4/c1-3-16-8-10-18(11-9-16)26-22(28)14-30-23(29)21(25-15(2)27)12-17-13-24-20-7-5-4-6-19(17)20/h4-11,13,21,24H,3,12,14H2,1-2H3,(H,25,27)(H,26,28)/t21-/m0/s1. The number of esters is 1. The number of hydrogen-bond donors (Lipinski definition) is 3. The number of carbonyl (C=O) groups is 3. The van der Waals surface area contributed by atoms with Crippen molar-refractivity contribution >= 4 is 34.4 Å². The third-order valence-corrected chi connectivity index (χ3v) is 4.75. The molecule has 0 radical (unpaired) electrons. The minimum Gasteiger partial charge on any atom is -0.454 e. The van der Waals surface area contributed by atoms with E-state index in [-0.39, 0.29) is 12.3 Å². The Labute approximate surface area is 174 Å². The number of benzene rings is 2. The SMILES string of the molecule is CCc1ccc(NC(=O)COC(=O)[C@H](Cc2c[nH]c3ccccc23)NC(C)=O)cc1. The zero-order valence-electron chi connectivity index (χ0n) is 17.0. The van der Waals surface area contributed by atoms with Gasteiger partial charge in [0.25, 0.3) is 5.91 Å². The molecule has 7 heteroatoms. The molecule has 0 fully saturated rings. The highest BCUT2D eigenvalue weighted by molar-refractivity contribution is 5.93. The maximum absolute atomic E-state index is 12.6. The van der Waals surface area contributed by atoms with Crippen LogP contribution >= 0.6 is 0 Å². The van der Waals surface area contributed by atoms with Gasteiger partial charge in [-0.05, 0) is 35.7 Å². The third-order valence-electron chi connectivity index (χ3n) is 4.75. The first-order valence-electron chi connectivity index (χ1n) is 9.83. The van der Waals surface area contributed by atoms with Gasteiger partial charge in [-0.2, -0.15) is 0 Å². The minimum atomic E-state index is -0.890. The van der Waals surface area contributed by atoms with Gasteiger partial charge in [0.1, 0.15) is 6.04 Å². The molecule has 0 spiro atoms. The van der Waals surface area contributed by atoms with Crippen LogP contribution in [0.4, 0.5) is 5.69 Å². The van der Waals surface area contributed by atoms with Gasteiger partial charge in [0.2, 0.25) is 5.91 Å². The Bertz CT molecular complexity index is 1040. The number of hydrogen-bond acceptors (Lipinski definition) is 4. The van der Waals surface area contributed by atoms with Crippen LogP contribution in [0.3, 0.4) is 0 Å². The molecule has 1 aromatic heterocycles. The lowest BCUT2D eigenvalue weighted by Gasteiger charge is -2.16. The molecule has 0 unspecified atom stereocenters. The summed E-state index contributed by atoms with van der Waals surface area (Å²) >= 11 is 0. The van der Waals surface area contributed by atoms with Crippen LogP contribution in [0.2, 0.25) is 0 Å². The fourth-order valence-corrected chi connectivity index (χ4v) is 3.22. The van der Waals surface area contributed by atoms with Crippen molar-refractivity contribution < 1.29 is 19.1 Å². The van der Waals surface area contributed by atoms with Gasteiger partial charge in [0, 0.05) is 36.1 Å². The van der Waals surface area contributed by atoms with E-state index in [1.54, 1.807) is 18.3 Å². The average Bonchev–Trinajstić information content (AvgIpc) is 3.15. The van der Waals surface area contributed by atoms with Crippen molar-refractivity contribution in [3.8, 4) is 0 Å². The van der Waals surface area contributed by atoms with Gasteiger partial charge in [-0.25, -0.2) is 4.79 Å². The van der Waals surface area contributed by atoms with Gasteiger partial charge in [0.15, 0.2) is 6.61 Å². The molecule has 7 nitrogen and oxygen atoms in total. The number of aromatic amines is 1. The van der Waals surface area contributed by atoms with Crippen LogP contribution < -0.4 is 10.6 Å². The molecule has 2 amide bonds. The first kappa shape index (κ1) is 21.1. The smallest absolute Gasteiger partial charge is 0.329 e. The topological polar surface area (TPSA) is 100 Å².